The van der Waals surface area contributed by atoms with Gasteiger partial charge in [0.15, 0.2) is 11.1 Å². The Bertz CT molecular complexity index is 359. The van der Waals surface area contributed by atoms with Crippen LogP contribution in [0.1, 0.15) is 5.69 Å². The molecule has 0 unspecified atom stereocenters. The Labute approximate surface area is 74.9 Å². The topological polar surface area (TPSA) is 51.8 Å². The van der Waals surface area contributed by atoms with Gasteiger partial charge in [-0.25, -0.2) is 0 Å². The van der Waals surface area contributed by atoms with Gasteiger partial charge in [-0.1, -0.05) is 5.16 Å². The van der Waals surface area contributed by atoms with Crippen LogP contribution in [0.4, 0.5) is 0 Å². The van der Waals surface area contributed by atoms with Gasteiger partial charge in [0.05, 0.1) is 6.20 Å². The normalized spacial score (nSPS) is 9.55. The van der Waals surface area contributed by atoms with E-state index in [2.05, 4.69) is 15.4 Å². The zero-order valence-electron chi connectivity index (χ0n) is 5.85. The third-order valence-electron chi connectivity index (χ3n) is 1.31. The van der Waals surface area contributed by atoms with E-state index in [9.17, 15) is 0 Å². The molecule has 0 aromatic carbocycles. The van der Waals surface area contributed by atoms with Crippen LogP contribution in [-0.4, -0.2) is 15.4 Å². The summed E-state index contributed by atoms with van der Waals surface area (Å²) in [6, 6.07) is 1.74. The van der Waals surface area contributed by atoms with E-state index in [1.165, 1.54) is 0 Å². The molecule has 0 saturated carbocycles. The first kappa shape index (κ1) is 8.23. The fourth-order valence-corrected chi connectivity index (χ4v) is 0.806. The zero-order chi connectivity index (χ0) is 6.97. The van der Waals surface area contributed by atoms with Gasteiger partial charge < -0.3 is 4.52 Å². The maximum atomic E-state index is 4.90. The maximum absolute atomic E-state index is 4.90. The molecule has 0 spiro atoms. The number of hydrogen-bond acceptors (Lipinski definition) is 4. The molecule has 0 aliphatic carbocycles. The predicted octanol–water partition coefficient (Wildman–Crippen LogP) is 0.924. The second-order valence-electron chi connectivity index (χ2n) is 2.01. The van der Waals surface area contributed by atoms with Gasteiger partial charge >= 0.3 is 0 Å². The second kappa shape index (κ2) is 3.03. The van der Waals surface area contributed by atoms with Crippen LogP contribution in [0.25, 0.3) is 11.1 Å². The molecule has 0 N–H and O–H groups in total. The summed E-state index contributed by atoms with van der Waals surface area (Å²) < 4.78 is 4.90. The third kappa shape index (κ3) is 1.27. The number of nitrogens with zero attached hydrogens (tertiary/aromatic N) is 3. The molecule has 4 nitrogen and oxygen atoms in total. The molecule has 55 valence electrons. The number of fused-ring (bicyclic) bond motifs is 1. The average molecular weight is 186 g/mol. The summed E-state index contributed by atoms with van der Waals surface area (Å²) >= 11 is 0. The van der Waals surface area contributed by atoms with Gasteiger partial charge in [-0.15, -0.1) is 5.10 Å². The van der Waals surface area contributed by atoms with Crippen molar-refractivity contribution >= 4 is 11.1 Å². The first-order valence-corrected chi connectivity index (χ1v) is 2.91. The number of aryl methyl sites for hydroxylation is 1. The molecular formula is C6H5N3OV. The van der Waals surface area contributed by atoms with Crippen molar-refractivity contribution in [1.82, 2.24) is 15.4 Å². The molecule has 2 aromatic heterocycles. The first-order chi connectivity index (χ1) is 4.88. The summed E-state index contributed by atoms with van der Waals surface area (Å²) in [6.07, 6.45) is 1.58. The molecule has 11 heavy (non-hydrogen) atoms. The van der Waals surface area contributed by atoms with Crippen molar-refractivity contribution in [2.75, 3.05) is 0 Å². The van der Waals surface area contributed by atoms with E-state index in [4.69, 9.17) is 4.52 Å². The van der Waals surface area contributed by atoms with Gasteiger partial charge in [0.2, 0.25) is 0 Å². The average Bonchev–Trinajstić information content (AvgIpc) is 2.34. The summed E-state index contributed by atoms with van der Waals surface area (Å²) in [5.74, 6) is 0. The molecule has 0 saturated heterocycles. The Morgan fingerprint density at radius 3 is 3.00 bits per heavy atom. The van der Waals surface area contributed by atoms with Crippen LogP contribution >= 0.6 is 0 Å². The molecule has 0 bridgehead atoms. The molecule has 2 aromatic rings. The van der Waals surface area contributed by atoms with Crippen molar-refractivity contribution in [3.8, 4) is 0 Å². The number of hydrogen-bond donors (Lipinski definition) is 0. The Morgan fingerprint density at radius 1 is 1.45 bits per heavy atom. The molecule has 2 heterocycles. The van der Waals surface area contributed by atoms with E-state index < -0.39 is 0 Å². The Morgan fingerprint density at radius 2 is 2.27 bits per heavy atom. The van der Waals surface area contributed by atoms with Gasteiger partial charge in [-0.05, 0) is 6.92 Å². The minimum Gasteiger partial charge on any atom is -0.354 e. The van der Waals surface area contributed by atoms with Crippen LogP contribution in [0.5, 0.6) is 0 Å². The molecular weight excluding hydrogens is 181 g/mol. The van der Waals surface area contributed by atoms with Crippen molar-refractivity contribution in [1.29, 1.82) is 0 Å². The van der Waals surface area contributed by atoms with Crippen LogP contribution in [0.3, 0.4) is 0 Å². The number of rotatable bonds is 0. The fourth-order valence-electron chi connectivity index (χ4n) is 0.806. The summed E-state index contributed by atoms with van der Waals surface area (Å²) in [6.45, 7) is 1.83. The fraction of sp³-hybridized carbons (Fsp3) is 0.167. The van der Waals surface area contributed by atoms with Gasteiger partial charge in [-0.2, -0.15) is 5.10 Å². The van der Waals surface area contributed by atoms with E-state index in [1.807, 2.05) is 6.92 Å². The van der Waals surface area contributed by atoms with Gasteiger partial charge in [0, 0.05) is 24.6 Å². The third-order valence-corrected chi connectivity index (χ3v) is 1.31. The van der Waals surface area contributed by atoms with Crippen molar-refractivity contribution in [2.24, 2.45) is 0 Å². The van der Waals surface area contributed by atoms with Gasteiger partial charge in [0.25, 0.3) is 0 Å². The SMILES string of the molecule is Cc1noc2ccnnc12.[V]. The van der Waals surface area contributed by atoms with E-state index >= 15 is 0 Å². The number of aromatic nitrogens is 3. The Kier molecular flexibility index (Phi) is 2.26. The van der Waals surface area contributed by atoms with Crippen LogP contribution < -0.4 is 0 Å². The Hall–Kier alpha value is -0.866. The molecule has 2 rings (SSSR count). The molecule has 0 fully saturated rings. The van der Waals surface area contributed by atoms with Crippen molar-refractivity contribution in [2.45, 2.75) is 6.92 Å². The minimum atomic E-state index is 0. The van der Waals surface area contributed by atoms with Crippen molar-refractivity contribution < 1.29 is 23.1 Å². The van der Waals surface area contributed by atoms with E-state index in [1.54, 1.807) is 12.3 Å². The molecule has 0 aliphatic rings. The summed E-state index contributed by atoms with van der Waals surface area (Å²) in [7, 11) is 0. The van der Waals surface area contributed by atoms with E-state index in [-0.39, 0.29) is 18.6 Å². The first-order valence-electron chi connectivity index (χ1n) is 2.91. The smallest absolute Gasteiger partial charge is 0.189 e. The Balaban J connectivity index is 0.000000605. The van der Waals surface area contributed by atoms with Gasteiger partial charge in [0.1, 0.15) is 5.69 Å². The van der Waals surface area contributed by atoms with Crippen LogP contribution in [0.15, 0.2) is 16.8 Å². The quantitative estimate of drug-likeness (QED) is 0.613. The summed E-state index contributed by atoms with van der Waals surface area (Å²) in [5.41, 5.74) is 2.21. The van der Waals surface area contributed by atoms with Crippen LogP contribution in [0.2, 0.25) is 0 Å². The van der Waals surface area contributed by atoms with E-state index in [0.717, 1.165) is 11.2 Å². The van der Waals surface area contributed by atoms with Gasteiger partial charge in [-0.3, -0.25) is 0 Å². The van der Waals surface area contributed by atoms with Crippen molar-refractivity contribution in [3.05, 3.63) is 18.0 Å². The second-order valence-corrected chi connectivity index (χ2v) is 2.01. The van der Waals surface area contributed by atoms with E-state index in [0.29, 0.717) is 5.58 Å². The minimum absolute atomic E-state index is 0. The van der Waals surface area contributed by atoms with Crippen LogP contribution in [0, 0.1) is 6.92 Å². The largest absolute Gasteiger partial charge is 0.354 e. The molecule has 0 amide bonds. The van der Waals surface area contributed by atoms with Crippen molar-refractivity contribution in [3.63, 3.8) is 0 Å². The molecule has 1 radical (unpaired) electrons. The molecule has 0 atom stereocenters. The zero-order valence-corrected chi connectivity index (χ0v) is 7.25. The molecule has 5 heteroatoms. The standard InChI is InChI=1S/C6H5N3O.V/c1-4-6-5(10-9-4)2-3-7-8-6;/h2-3H,1H3;. The van der Waals surface area contributed by atoms with Crippen LogP contribution in [-0.2, 0) is 18.6 Å². The maximum Gasteiger partial charge on any atom is 0.189 e. The molecule has 0 aliphatic heterocycles. The predicted molar refractivity (Wildman–Crippen MR) is 34.3 cm³/mol. The summed E-state index contributed by atoms with van der Waals surface area (Å²) in [5, 5.41) is 11.2. The monoisotopic (exact) mass is 186 g/mol. The summed E-state index contributed by atoms with van der Waals surface area (Å²) in [4.78, 5) is 0.